The number of nitrogens with zero attached hydrogens (tertiary/aromatic N) is 1. The number of thiophene rings is 1. The van der Waals surface area contributed by atoms with Gasteiger partial charge in [0.25, 0.3) is 0 Å². The minimum absolute atomic E-state index is 0.895. The molecule has 0 radical (unpaired) electrons. The van der Waals surface area contributed by atoms with Crippen molar-refractivity contribution in [1.29, 1.82) is 0 Å². The van der Waals surface area contributed by atoms with E-state index in [1.807, 2.05) is 17.5 Å². The maximum atomic E-state index is 4.23. The first-order valence-electron chi connectivity index (χ1n) is 4.87. The van der Waals surface area contributed by atoms with Crippen molar-refractivity contribution in [3.63, 3.8) is 0 Å². The van der Waals surface area contributed by atoms with Crippen LogP contribution in [-0.4, -0.2) is 9.97 Å². The third-order valence-corrected chi connectivity index (χ3v) is 3.49. The Hall–Kier alpha value is -1.61. The molecular weight excluding hydrogens is 204 g/mol. The molecule has 0 saturated carbocycles. The average Bonchev–Trinajstić information content (AvgIpc) is 2.86. The topological polar surface area (TPSA) is 28.7 Å². The van der Waals surface area contributed by atoms with E-state index in [9.17, 15) is 0 Å². The van der Waals surface area contributed by atoms with Gasteiger partial charge in [-0.3, -0.25) is 0 Å². The summed E-state index contributed by atoms with van der Waals surface area (Å²) in [5.74, 6) is 1.03. The van der Waals surface area contributed by atoms with Crippen molar-refractivity contribution in [3.8, 4) is 0 Å². The Morgan fingerprint density at radius 2 is 2.20 bits per heavy atom. The molecule has 0 aliphatic carbocycles. The van der Waals surface area contributed by atoms with E-state index in [0.29, 0.717) is 0 Å². The number of benzene rings is 1. The van der Waals surface area contributed by atoms with Crippen LogP contribution in [-0.2, 0) is 6.42 Å². The third-order valence-electron chi connectivity index (χ3n) is 2.37. The summed E-state index contributed by atoms with van der Waals surface area (Å²) >= 11 is 1.84. The molecule has 1 N–H and O–H groups in total. The predicted octanol–water partition coefficient (Wildman–Crippen LogP) is 3.22. The summed E-state index contributed by atoms with van der Waals surface area (Å²) in [6.07, 6.45) is 4.55. The molecule has 74 valence electrons. The molecular formula is C12H10N2S. The van der Waals surface area contributed by atoms with Gasteiger partial charge >= 0.3 is 0 Å². The number of imidazole rings is 1. The Morgan fingerprint density at radius 3 is 3.00 bits per heavy atom. The second-order valence-electron chi connectivity index (χ2n) is 3.46. The number of nitrogens with one attached hydrogen (secondary N) is 1. The number of rotatable bonds is 2. The summed E-state index contributed by atoms with van der Waals surface area (Å²) in [5.41, 5.74) is 0. The van der Waals surface area contributed by atoms with Crippen LogP contribution in [0.4, 0.5) is 0 Å². The van der Waals surface area contributed by atoms with E-state index < -0.39 is 0 Å². The molecule has 3 heteroatoms. The molecule has 0 amide bonds. The highest BCUT2D eigenvalue weighted by Crippen LogP contribution is 2.26. The lowest BCUT2D eigenvalue weighted by molar-refractivity contribution is 1.05. The summed E-state index contributed by atoms with van der Waals surface area (Å²) in [5, 5.41) is 1.32. The van der Waals surface area contributed by atoms with E-state index >= 15 is 0 Å². The van der Waals surface area contributed by atoms with Crippen LogP contribution in [0.3, 0.4) is 0 Å². The van der Waals surface area contributed by atoms with Crippen LogP contribution in [0.1, 0.15) is 10.7 Å². The number of aromatic amines is 1. The Bertz CT molecular complexity index is 533. The predicted molar refractivity (Wildman–Crippen MR) is 63.2 cm³/mol. The van der Waals surface area contributed by atoms with E-state index in [-0.39, 0.29) is 0 Å². The summed E-state index contributed by atoms with van der Waals surface area (Å²) in [4.78, 5) is 8.71. The standard InChI is InChI=1S/C12H10N2S/c1-2-4-11-9(3-1)7-10(15-11)8-12-13-5-6-14-12/h1-7H,8H2,(H,13,14). The monoisotopic (exact) mass is 214 g/mol. The van der Waals surface area contributed by atoms with E-state index in [1.54, 1.807) is 6.20 Å². The van der Waals surface area contributed by atoms with E-state index in [1.165, 1.54) is 15.0 Å². The summed E-state index contributed by atoms with van der Waals surface area (Å²) in [6, 6.07) is 10.7. The SMILES string of the molecule is c1ccc2sc(Cc3ncc[nH]3)cc2c1. The Balaban J connectivity index is 1.98. The summed E-state index contributed by atoms with van der Waals surface area (Å²) in [6.45, 7) is 0. The van der Waals surface area contributed by atoms with Crippen LogP contribution in [0.25, 0.3) is 10.1 Å². The normalized spacial score (nSPS) is 10.9. The van der Waals surface area contributed by atoms with Gasteiger partial charge in [-0.15, -0.1) is 11.3 Å². The highest BCUT2D eigenvalue weighted by molar-refractivity contribution is 7.19. The minimum Gasteiger partial charge on any atom is -0.348 e. The molecule has 3 aromatic rings. The summed E-state index contributed by atoms with van der Waals surface area (Å²) < 4.78 is 1.35. The van der Waals surface area contributed by atoms with Crippen molar-refractivity contribution in [2.45, 2.75) is 6.42 Å². The third kappa shape index (κ3) is 1.66. The van der Waals surface area contributed by atoms with E-state index in [2.05, 4.69) is 40.3 Å². The molecule has 2 aromatic heterocycles. The fourth-order valence-electron chi connectivity index (χ4n) is 1.68. The molecule has 0 aliphatic rings. The maximum Gasteiger partial charge on any atom is 0.111 e. The highest BCUT2D eigenvalue weighted by atomic mass is 32.1. The largest absolute Gasteiger partial charge is 0.348 e. The van der Waals surface area contributed by atoms with E-state index in [4.69, 9.17) is 0 Å². The molecule has 0 fully saturated rings. The van der Waals surface area contributed by atoms with Crippen LogP contribution >= 0.6 is 11.3 Å². The van der Waals surface area contributed by atoms with Crippen LogP contribution in [0.5, 0.6) is 0 Å². The van der Waals surface area contributed by atoms with Gasteiger partial charge in [-0.1, -0.05) is 18.2 Å². The van der Waals surface area contributed by atoms with Crippen molar-refractivity contribution in [1.82, 2.24) is 9.97 Å². The highest BCUT2D eigenvalue weighted by Gasteiger charge is 2.03. The molecule has 0 atom stereocenters. The number of H-pyrrole nitrogens is 1. The average molecular weight is 214 g/mol. The molecule has 0 bridgehead atoms. The minimum atomic E-state index is 0.895. The van der Waals surface area contributed by atoms with Crippen LogP contribution in [0.2, 0.25) is 0 Å². The molecule has 0 aliphatic heterocycles. The van der Waals surface area contributed by atoms with Crippen LogP contribution in [0.15, 0.2) is 42.7 Å². The number of fused-ring (bicyclic) bond motifs is 1. The smallest absolute Gasteiger partial charge is 0.111 e. The zero-order valence-electron chi connectivity index (χ0n) is 8.10. The second-order valence-corrected chi connectivity index (χ2v) is 4.63. The van der Waals surface area contributed by atoms with Gasteiger partial charge in [0, 0.05) is 28.4 Å². The van der Waals surface area contributed by atoms with E-state index in [0.717, 1.165) is 12.2 Å². The quantitative estimate of drug-likeness (QED) is 0.697. The number of hydrogen-bond acceptors (Lipinski definition) is 2. The molecule has 2 heterocycles. The lowest BCUT2D eigenvalue weighted by atomic mass is 10.2. The summed E-state index contributed by atoms with van der Waals surface area (Å²) in [7, 11) is 0. The maximum absolute atomic E-state index is 4.23. The molecule has 1 aromatic carbocycles. The molecule has 0 saturated heterocycles. The molecule has 3 rings (SSSR count). The Kier molecular flexibility index (Phi) is 2.03. The first kappa shape index (κ1) is 8.68. The fraction of sp³-hybridized carbons (Fsp3) is 0.0833. The van der Waals surface area contributed by atoms with Crippen molar-refractivity contribution in [3.05, 3.63) is 53.4 Å². The molecule has 2 nitrogen and oxygen atoms in total. The second kappa shape index (κ2) is 3.51. The van der Waals surface area contributed by atoms with Crippen LogP contribution < -0.4 is 0 Å². The first-order chi connectivity index (χ1) is 7.42. The Labute approximate surface area is 91.6 Å². The van der Waals surface area contributed by atoms with Gasteiger partial charge in [-0.25, -0.2) is 4.98 Å². The van der Waals surface area contributed by atoms with Gasteiger partial charge < -0.3 is 4.98 Å². The van der Waals surface area contributed by atoms with Crippen molar-refractivity contribution >= 4 is 21.4 Å². The lowest BCUT2D eigenvalue weighted by Crippen LogP contribution is -1.85. The van der Waals surface area contributed by atoms with Gasteiger partial charge in [0.15, 0.2) is 0 Å². The van der Waals surface area contributed by atoms with Gasteiger partial charge in [0.1, 0.15) is 5.82 Å². The van der Waals surface area contributed by atoms with Gasteiger partial charge in [0.05, 0.1) is 0 Å². The van der Waals surface area contributed by atoms with Crippen LogP contribution in [0, 0.1) is 0 Å². The molecule has 0 unspecified atom stereocenters. The zero-order valence-corrected chi connectivity index (χ0v) is 8.92. The van der Waals surface area contributed by atoms with Gasteiger partial charge in [0.2, 0.25) is 0 Å². The van der Waals surface area contributed by atoms with Gasteiger partial charge in [-0.05, 0) is 17.5 Å². The zero-order chi connectivity index (χ0) is 10.1. The number of hydrogen-bond donors (Lipinski definition) is 1. The Morgan fingerprint density at radius 1 is 1.27 bits per heavy atom. The fourth-order valence-corrected chi connectivity index (χ4v) is 2.75. The van der Waals surface area contributed by atoms with Crippen molar-refractivity contribution in [2.24, 2.45) is 0 Å². The van der Waals surface area contributed by atoms with Gasteiger partial charge in [-0.2, -0.15) is 0 Å². The molecule has 15 heavy (non-hydrogen) atoms. The molecule has 0 spiro atoms. The first-order valence-corrected chi connectivity index (χ1v) is 5.69. The number of aromatic nitrogens is 2. The van der Waals surface area contributed by atoms with Crippen molar-refractivity contribution < 1.29 is 0 Å². The lowest BCUT2D eigenvalue weighted by Gasteiger charge is -1.90. The van der Waals surface area contributed by atoms with Crippen molar-refractivity contribution in [2.75, 3.05) is 0 Å².